The Balaban J connectivity index is 1.91. The standard InChI is InChI=1S/C18H26N2O4/c1-22-15-10-14(11-16(23-2)18(15)24-3)4-5-17(21)20-12-13-6-8-19-9-7-13/h6,10-11,19H,4-5,7-9,12H2,1-3H3,(H,20,21). The lowest BCUT2D eigenvalue weighted by Crippen LogP contribution is -2.29. The molecule has 0 radical (unpaired) electrons. The van der Waals surface area contributed by atoms with Crippen molar-refractivity contribution in [1.29, 1.82) is 0 Å². The largest absolute Gasteiger partial charge is 0.493 e. The number of carbonyl (C=O) groups is 1. The number of ether oxygens (including phenoxy) is 3. The first-order chi connectivity index (χ1) is 11.7. The topological polar surface area (TPSA) is 68.8 Å². The van der Waals surface area contributed by atoms with Crippen LogP contribution in [0.3, 0.4) is 0 Å². The van der Waals surface area contributed by atoms with E-state index in [-0.39, 0.29) is 5.91 Å². The van der Waals surface area contributed by atoms with E-state index in [1.807, 2.05) is 12.1 Å². The summed E-state index contributed by atoms with van der Waals surface area (Å²) in [7, 11) is 4.74. The highest BCUT2D eigenvalue weighted by Crippen LogP contribution is 2.38. The summed E-state index contributed by atoms with van der Waals surface area (Å²) in [5.41, 5.74) is 2.26. The SMILES string of the molecule is COc1cc(CCC(=O)NCC2=CCNCC2)cc(OC)c1OC. The number of amides is 1. The van der Waals surface area contributed by atoms with Gasteiger partial charge in [-0.2, -0.15) is 0 Å². The molecule has 0 unspecified atom stereocenters. The Morgan fingerprint density at radius 2 is 1.88 bits per heavy atom. The van der Waals surface area contributed by atoms with Crippen LogP contribution in [0.5, 0.6) is 17.2 Å². The van der Waals surface area contributed by atoms with Crippen LogP contribution < -0.4 is 24.8 Å². The lowest BCUT2D eigenvalue weighted by atomic mass is 10.1. The van der Waals surface area contributed by atoms with E-state index in [1.54, 1.807) is 21.3 Å². The van der Waals surface area contributed by atoms with Gasteiger partial charge in [0.15, 0.2) is 11.5 Å². The Hall–Kier alpha value is -2.21. The molecule has 1 aromatic carbocycles. The first kappa shape index (κ1) is 18.1. The molecule has 2 rings (SSSR count). The molecule has 1 aliphatic rings. The van der Waals surface area contributed by atoms with Crippen LogP contribution in [-0.4, -0.2) is 46.9 Å². The van der Waals surface area contributed by atoms with E-state index in [4.69, 9.17) is 14.2 Å². The van der Waals surface area contributed by atoms with Gasteiger partial charge in [-0.25, -0.2) is 0 Å². The van der Waals surface area contributed by atoms with Crippen LogP contribution in [-0.2, 0) is 11.2 Å². The van der Waals surface area contributed by atoms with Crippen molar-refractivity contribution < 1.29 is 19.0 Å². The second kappa shape index (κ2) is 9.17. The molecule has 0 bridgehead atoms. The molecule has 1 aliphatic heterocycles. The first-order valence-corrected chi connectivity index (χ1v) is 8.12. The highest BCUT2D eigenvalue weighted by molar-refractivity contribution is 5.76. The highest BCUT2D eigenvalue weighted by Gasteiger charge is 2.14. The minimum Gasteiger partial charge on any atom is -0.493 e. The molecule has 1 heterocycles. The predicted molar refractivity (Wildman–Crippen MR) is 93.0 cm³/mol. The highest BCUT2D eigenvalue weighted by atomic mass is 16.5. The Morgan fingerprint density at radius 1 is 1.17 bits per heavy atom. The smallest absolute Gasteiger partial charge is 0.220 e. The summed E-state index contributed by atoms with van der Waals surface area (Å²) in [6, 6.07) is 3.76. The van der Waals surface area contributed by atoms with E-state index < -0.39 is 0 Å². The van der Waals surface area contributed by atoms with Gasteiger partial charge in [0, 0.05) is 19.5 Å². The van der Waals surface area contributed by atoms with Crippen molar-refractivity contribution >= 4 is 5.91 Å². The summed E-state index contributed by atoms with van der Waals surface area (Å²) in [5, 5.41) is 6.24. The number of aryl methyl sites for hydroxylation is 1. The van der Waals surface area contributed by atoms with E-state index in [9.17, 15) is 4.79 Å². The molecule has 0 saturated heterocycles. The van der Waals surface area contributed by atoms with Gasteiger partial charge < -0.3 is 24.8 Å². The molecule has 0 fully saturated rings. The second-order valence-electron chi connectivity index (χ2n) is 5.63. The van der Waals surface area contributed by atoms with E-state index >= 15 is 0 Å². The van der Waals surface area contributed by atoms with Gasteiger partial charge >= 0.3 is 0 Å². The minimum absolute atomic E-state index is 0.0446. The summed E-state index contributed by atoms with van der Waals surface area (Å²) < 4.78 is 16.0. The van der Waals surface area contributed by atoms with E-state index in [1.165, 1.54) is 5.57 Å². The molecule has 0 aromatic heterocycles. The molecule has 132 valence electrons. The van der Waals surface area contributed by atoms with Crippen molar-refractivity contribution in [3.05, 3.63) is 29.3 Å². The third kappa shape index (κ3) is 4.89. The number of benzene rings is 1. The van der Waals surface area contributed by atoms with Gasteiger partial charge in [-0.15, -0.1) is 0 Å². The monoisotopic (exact) mass is 334 g/mol. The van der Waals surface area contributed by atoms with E-state index in [0.29, 0.717) is 36.6 Å². The zero-order valence-corrected chi connectivity index (χ0v) is 14.6. The second-order valence-corrected chi connectivity index (χ2v) is 5.63. The van der Waals surface area contributed by atoms with Crippen molar-refractivity contribution in [2.24, 2.45) is 0 Å². The average molecular weight is 334 g/mol. The maximum absolute atomic E-state index is 12.0. The van der Waals surface area contributed by atoms with Crippen LogP contribution in [0.25, 0.3) is 0 Å². The number of methoxy groups -OCH3 is 3. The van der Waals surface area contributed by atoms with Gasteiger partial charge in [0.25, 0.3) is 0 Å². The summed E-state index contributed by atoms with van der Waals surface area (Å²) in [6.45, 7) is 2.50. The summed E-state index contributed by atoms with van der Waals surface area (Å²) in [6.07, 6.45) is 4.17. The zero-order chi connectivity index (χ0) is 17.4. The van der Waals surface area contributed by atoms with Crippen molar-refractivity contribution in [1.82, 2.24) is 10.6 Å². The number of hydrogen-bond donors (Lipinski definition) is 2. The fraction of sp³-hybridized carbons (Fsp3) is 0.500. The maximum atomic E-state index is 12.0. The van der Waals surface area contributed by atoms with E-state index in [0.717, 1.165) is 25.1 Å². The number of rotatable bonds is 8. The van der Waals surface area contributed by atoms with Gasteiger partial charge in [0.05, 0.1) is 21.3 Å². The third-order valence-corrected chi connectivity index (χ3v) is 4.04. The predicted octanol–water partition coefficient (Wildman–Crippen LogP) is 1.68. The summed E-state index contributed by atoms with van der Waals surface area (Å²) in [4.78, 5) is 12.0. The number of carbonyl (C=O) groups excluding carboxylic acids is 1. The number of nitrogens with one attached hydrogen (secondary N) is 2. The van der Waals surface area contributed by atoms with Crippen molar-refractivity contribution in [2.75, 3.05) is 41.0 Å². The van der Waals surface area contributed by atoms with Crippen LogP contribution >= 0.6 is 0 Å². The average Bonchev–Trinajstić information content (AvgIpc) is 2.64. The lowest BCUT2D eigenvalue weighted by molar-refractivity contribution is -0.120. The molecule has 24 heavy (non-hydrogen) atoms. The molecule has 0 saturated carbocycles. The summed E-state index contributed by atoms with van der Waals surface area (Å²) in [5.74, 6) is 1.81. The molecule has 6 heteroatoms. The Kier molecular flexibility index (Phi) is 6.93. The Labute approximate surface area is 143 Å². The summed E-state index contributed by atoms with van der Waals surface area (Å²) >= 11 is 0. The van der Waals surface area contributed by atoms with Gasteiger partial charge in [-0.1, -0.05) is 11.6 Å². The molecule has 6 nitrogen and oxygen atoms in total. The van der Waals surface area contributed by atoms with Crippen LogP contribution in [0.2, 0.25) is 0 Å². The van der Waals surface area contributed by atoms with Crippen LogP contribution in [0.15, 0.2) is 23.8 Å². The third-order valence-electron chi connectivity index (χ3n) is 4.04. The maximum Gasteiger partial charge on any atom is 0.220 e. The van der Waals surface area contributed by atoms with Crippen LogP contribution in [0.1, 0.15) is 18.4 Å². The molecular formula is C18H26N2O4. The van der Waals surface area contributed by atoms with Crippen LogP contribution in [0.4, 0.5) is 0 Å². The Bertz CT molecular complexity index is 574. The molecule has 0 aliphatic carbocycles. The van der Waals surface area contributed by atoms with Crippen molar-refractivity contribution in [2.45, 2.75) is 19.3 Å². The van der Waals surface area contributed by atoms with Crippen molar-refractivity contribution in [3.8, 4) is 17.2 Å². The molecule has 0 atom stereocenters. The Morgan fingerprint density at radius 3 is 2.42 bits per heavy atom. The fourth-order valence-corrected chi connectivity index (χ4v) is 2.67. The molecule has 0 spiro atoms. The fourth-order valence-electron chi connectivity index (χ4n) is 2.67. The van der Waals surface area contributed by atoms with E-state index in [2.05, 4.69) is 16.7 Å². The van der Waals surface area contributed by atoms with Crippen molar-refractivity contribution in [3.63, 3.8) is 0 Å². The lowest BCUT2D eigenvalue weighted by Gasteiger charge is -2.15. The first-order valence-electron chi connectivity index (χ1n) is 8.12. The van der Waals surface area contributed by atoms with Gasteiger partial charge in [-0.3, -0.25) is 4.79 Å². The zero-order valence-electron chi connectivity index (χ0n) is 14.6. The van der Waals surface area contributed by atoms with Crippen LogP contribution in [0, 0.1) is 0 Å². The molecule has 1 amide bonds. The quantitative estimate of drug-likeness (QED) is 0.708. The number of hydrogen-bond acceptors (Lipinski definition) is 5. The minimum atomic E-state index is 0.0446. The van der Waals surface area contributed by atoms with Gasteiger partial charge in [0.2, 0.25) is 11.7 Å². The molecule has 2 N–H and O–H groups in total. The normalized spacial score (nSPS) is 13.9. The van der Waals surface area contributed by atoms with Gasteiger partial charge in [-0.05, 0) is 37.1 Å². The molecule has 1 aromatic rings. The van der Waals surface area contributed by atoms with Gasteiger partial charge in [0.1, 0.15) is 0 Å². The molecular weight excluding hydrogens is 308 g/mol.